The van der Waals surface area contributed by atoms with Crippen molar-refractivity contribution in [3.05, 3.63) is 65.7 Å². The van der Waals surface area contributed by atoms with Gasteiger partial charge in [0, 0.05) is 17.0 Å². The molecule has 0 saturated heterocycles. The Hall–Kier alpha value is -3.28. The van der Waals surface area contributed by atoms with E-state index in [0.717, 1.165) is 43.2 Å². The third kappa shape index (κ3) is 4.11. The standard InChI is InChI=1S/C23H23N3O3/c27-21(16-11-5-2-6-12-16)26-23(29)20-22(28)24-18-14-8-7-13-17(18)19(25-20)15-9-3-1-4-10-15/h1,3-4,7-10,13-14,16,20H,2,5-6,11-12H2,(H,24,28)(H,26,27,29). The van der Waals surface area contributed by atoms with E-state index in [-0.39, 0.29) is 11.8 Å². The fraction of sp³-hybridized carbons (Fsp3) is 0.304. The molecule has 1 aliphatic heterocycles. The molecule has 1 heterocycles. The molecular formula is C23H23N3O3. The number of nitrogens with one attached hydrogen (secondary N) is 2. The van der Waals surface area contributed by atoms with Gasteiger partial charge in [-0.3, -0.25) is 24.7 Å². The highest BCUT2D eigenvalue weighted by atomic mass is 16.2. The van der Waals surface area contributed by atoms with E-state index in [1.165, 1.54) is 0 Å². The first-order chi connectivity index (χ1) is 14.1. The van der Waals surface area contributed by atoms with Gasteiger partial charge in [0.05, 0.1) is 11.4 Å². The lowest BCUT2D eigenvalue weighted by Crippen LogP contribution is -2.46. The minimum Gasteiger partial charge on any atom is -0.323 e. The zero-order valence-electron chi connectivity index (χ0n) is 16.1. The van der Waals surface area contributed by atoms with E-state index < -0.39 is 17.9 Å². The maximum absolute atomic E-state index is 12.8. The summed E-state index contributed by atoms with van der Waals surface area (Å²) in [5.74, 6) is -1.70. The van der Waals surface area contributed by atoms with Crippen molar-refractivity contribution < 1.29 is 14.4 Å². The summed E-state index contributed by atoms with van der Waals surface area (Å²) in [6, 6.07) is 15.4. The van der Waals surface area contributed by atoms with Gasteiger partial charge < -0.3 is 5.32 Å². The van der Waals surface area contributed by atoms with Crippen LogP contribution >= 0.6 is 0 Å². The molecule has 1 aliphatic carbocycles. The molecule has 2 aromatic rings. The van der Waals surface area contributed by atoms with E-state index in [1.54, 1.807) is 6.07 Å². The minimum absolute atomic E-state index is 0.170. The molecule has 1 fully saturated rings. The van der Waals surface area contributed by atoms with E-state index in [9.17, 15) is 14.4 Å². The van der Waals surface area contributed by atoms with Crippen LogP contribution in [0.15, 0.2) is 59.6 Å². The molecule has 148 valence electrons. The van der Waals surface area contributed by atoms with Gasteiger partial charge >= 0.3 is 0 Å². The lowest BCUT2D eigenvalue weighted by molar-refractivity contribution is -0.135. The second kappa shape index (κ2) is 8.39. The van der Waals surface area contributed by atoms with Crippen molar-refractivity contribution in [2.45, 2.75) is 38.1 Å². The Morgan fingerprint density at radius 3 is 2.34 bits per heavy atom. The number of aliphatic imine (C=N–C) groups is 1. The van der Waals surface area contributed by atoms with Crippen molar-refractivity contribution in [3.8, 4) is 0 Å². The molecule has 1 unspecified atom stereocenters. The summed E-state index contributed by atoms with van der Waals surface area (Å²) in [4.78, 5) is 42.6. The predicted molar refractivity (Wildman–Crippen MR) is 111 cm³/mol. The van der Waals surface area contributed by atoms with E-state index >= 15 is 0 Å². The van der Waals surface area contributed by atoms with Gasteiger partial charge in [-0.25, -0.2) is 0 Å². The smallest absolute Gasteiger partial charge is 0.261 e. The van der Waals surface area contributed by atoms with Gasteiger partial charge in [-0.1, -0.05) is 67.8 Å². The fourth-order valence-electron chi connectivity index (χ4n) is 3.92. The molecule has 0 radical (unpaired) electrons. The second-order valence-electron chi connectivity index (χ2n) is 7.47. The van der Waals surface area contributed by atoms with E-state index in [2.05, 4.69) is 15.6 Å². The summed E-state index contributed by atoms with van der Waals surface area (Å²) in [7, 11) is 0. The topological polar surface area (TPSA) is 87.6 Å². The van der Waals surface area contributed by atoms with E-state index in [0.29, 0.717) is 11.4 Å². The third-order valence-electron chi connectivity index (χ3n) is 5.46. The number of amides is 3. The SMILES string of the molecule is O=C(NC(=O)C1N=C(c2ccccc2)c2ccccc2NC1=O)C1CCCCC1. The molecule has 3 amide bonds. The van der Waals surface area contributed by atoms with Crippen molar-refractivity contribution >= 4 is 29.1 Å². The Morgan fingerprint density at radius 1 is 0.897 bits per heavy atom. The van der Waals surface area contributed by atoms with Crippen LogP contribution in [0, 0.1) is 5.92 Å². The highest BCUT2D eigenvalue weighted by Gasteiger charge is 2.33. The Kier molecular flexibility index (Phi) is 5.51. The molecule has 29 heavy (non-hydrogen) atoms. The zero-order valence-corrected chi connectivity index (χ0v) is 16.1. The van der Waals surface area contributed by atoms with Gasteiger partial charge in [0.2, 0.25) is 11.9 Å². The molecule has 0 aromatic heterocycles. The molecule has 6 heteroatoms. The number of para-hydroxylation sites is 1. The number of nitrogens with zero attached hydrogens (tertiary/aromatic N) is 1. The monoisotopic (exact) mass is 389 g/mol. The third-order valence-corrected chi connectivity index (χ3v) is 5.46. The molecule has 1 atom stereocenters. The highest BCUT2D eigenvalue weighted by molar-refractivity contribution is 6.24. The zero-order chi connectivity index (χ0) is 20.2. The number of imide groups is 1. The summed E-state index contributed by atoms with van der Waals surface area (Å²) in [6.07, 6.45) is 4.65. The van der Waals surface area contributed by atoms with Crippen molar-refractivity contribution in [1.82, 2.24) is 5.32 Å². The van der Waals surface area contributed by atoms with Crippen LogP contribution in [-0.2, 0) is 14.4 Å². The summed E-state index contributed by atoms with van der Waals surface area (Å²) in [5, 5.41) is 5.21. The first-order valence-electron chi connectivity index (χ1n) is 10.0. The van der Waals surface area contributed by atoms with Crippen LogP contribution in [0.4, 0.5) is 5.69 Å². The Labute approximate surface area is 169 Å². The number of hydrogen-bond acceptors (Lipinski definition) is 4. The maximum Gasteiger partial charge on any atom is 0.261 e. The van der Waals surface area contributed by atoms with Crippen molar-refractivity contribution in [1.29, 1.82) is 0 Å². The summed E-state index contributed by atoms with van der Waals surface area (Å²) < 4.78 is 0. The van der Waals surface area contributed by atoms with Crippen LogP contribution < -0.4 is 10.6 Å². The summed E-state index contributed by atoms with van der Waals surface area (Å²) in [5.41, 5.74) is 2.67. The number of benzodiazepines with no additional fused rings is 1. The minimum atomic E-state index is -1.33. The molecule has 2 aliphatic rings. The Morgan fingerprint density at radius 2 is 1.59 bits per heavy atom. The molecular weight excluding hydrogens is 366 g/mol. The normalized spacial score (nSPS) is 19.4. The number of hydrogen-bond donors (Lipinski definition) is 2. The average molecular weight is 389 g/mol. The number of rotatable bonds is 3. The van der Waals surface area contributed by atoms with E-state index in [4.69, 9.17) is 0 Å². The van der Waals surface area contributed by atoms with Crippen molar-refractivity contribution in [3.63, 3.8) is 0 Å². The van der Waals surface area contributed by atoms with Gasteiger partial charge in [-0.15, -0.1) is 0 Å². The lowest BCUT2D eigenvalue weighted by Gasteiger charge is -2.21. The van der Waals surface area contributed by atoms with Crippen LogP contribution in [0.25, 0.3) is 0 Å². The fourth-order valence-corrected chi connectivity index (χ4v) is 3.92. The number of anilines is 1. The Bertz CT molecular complexity index is 962. The van der Waals surface area contributed by atoms with Crippen LogP contribution in [0.3, 0.4) is 0 Å². The first kappa shape index (κ1) is 19.1. The number of benzene rings is 2. The molecule has 2 aromatic carbocycles. The number of carbonyl (C=O) groups is 3. The molecule has 6 nitrogen and oxygen atoms in total. The van der Waals surface area contributed by atoms with Crippen molar-refractivity contribution in [2.24, 2.45) is 10.9 Å². The summed E-state index contributed by atoms with van der Waals surface area (Å²) in [6.45, 7) is 0. The van der Waals surface area contributed by atoms with Crippen molar-refractivity contribution in [2.75, 3.05) is 5.32 Å². The first-order valence-corrected chi connectivity index (χ1v) is 10.0. The largest absolute Gasteiger partial charge is 0.323 e. The summed E-state index contributed by atoms with van der Waals surface area (Å²) >= 11 is 0. The van der Waals surface area contributed by atoms with Gasteiger partial charge in [0.15, 0.2) is 0 Å². The number of fused-ring (bicyclic) bond motifs is 1. The molecule has 2 N–H and O–H groups in total. The van der Waals surface area contributed by atoms with E-state index in [1.807, 2.05) is 48.5 Å². The van der Waals surface area contributed by atoms with Crippen LogP contribution in [0.5, 0.6) is 0 Å². The molecule has 0 bridgehead atoms. The van der Waals surface area contributed by atoms with Gasteiger partial charge in [-0.2, -0.15) is 0 Å². The predicted octanol–water partition coefficient (Wildman–Crippen LogP) is 3.07. The van der Waals surface area contributed by atoms with Crippen LogP contribution in [0.1, 0.15) is 43.2 Å². The quantitative estimate of drug-likeness (QED) is 0.625. The Balaban J connectivity index is 1.65. The van der Waals surface area contributed by atoms with Crippen LogP contribution in [-0.4, -0.2) is 29.5 Å². The lowest BCUT2D eigenvalue weighted by atomic mass is 9.88. The average Bonchev–Trinajstić information content (AvgIpc) is 2.91. The molecule has 4 rings (SSSR count). The maximum atomic E-state index is 12.8. The molecule has 0 spiro atoms. The number of carbonyl (C=O) groups excluding carboxylic acids is 3. The van der Waals surface area contributed by atoms with Gasteiger partial charge in [-0.05, 0) is 18.9 Å². The second-order valence-corrected chi connectivity index (χ2v) is 7.47. The van der Waals surface area contributed by atoms with Crippen LogP contribution in [0.2, 0.25) is 0 Å². The molecule has 1 saturated carbocycles. The highest BCUT2D eigenvalue weighted by Crippen LogP contribution is 2.25. The van der Waals surface area contributed by atoms with Gasteiger partial charge in [0.25, 0.3) is 11.8 Å². The van der Waals surface area contributed by atoms with Gasteiger partial charge in [0.1, 0.15) is 0 Å².